The molecule has 1 aromatic heterocycles. The van der Waals surface area contributed by atoms with Crippen molar-refractivity contribution in [3.8, 4) is 0 Å². The Hall–Kier alpha value is -1.47. The van der Waals surface area contributed by atoms with Gasteiger partial charge in [-0.05, 0) is 32.1 Å². The first-order valence-electron chi connectivity index (χ1n) is 8.72. The van der Waals surface area contributed by atoms with Crippen LogP contribution >= 0.6 is 0 Å². The highest BCUT2D eigenvalue weighted by Gasteiger charge is 2.32. The van der Waals surface area contributed by atoms with Crippen LogP contribution in [0.4, 0.5) is 0 Å². The van der Waals surface area contributed by atoms with Crippen LogP contribution in [0, 0.1) is 0 Å². The second kappa shape index (κ2) is 7.88. The van der Waals surface area contributed by atoms with Gasteiger partial charge in [0.1, 0.15) is 5.82 Å². The number of hydrogen-bond acceptors (Lipinski definition) is 5. The first kappa shape index (κ1) is 16.4. The lowest BCUT2D eigenvalue weighted by Crippen LogP contribution is -2.44. The average molecular weight is 321 g/mol. The number of hydrogen-bond donors (Lipinski definition) is 1. The summed E-state index contributed by atoms with van der Waals surface area (Å²) in [7, 11) is 1.67. The van der Waals surface area contributed by atoms with Gasteiger partial charge in [-0.15, -0.1) is 10.2 Å². The first-order valence-corrected chi connectivity index (χ1v) is 8.72. The molecule has 1 saturated heterocycles. The zero-order chi connectivity index (χ0) is 16.1. The third-order valence-corrected chi connectivity index (χ3v) is 4.77. The summed E-state index contributed by atoms with van der Waals surface area (Å²) >= 11 is 0. The molecule has 0 spiro atoms. The number of piperidine rings is 1. The molecule has 0 aliphatic carbocycles. The number of methoxy groups -OCH3 is 1. The van der Waals surface area contributed by atoms with Crippen molar-refractivity contribution < 1.29 is 9.53 Å². The van der Waals surface area contributed by atoms with E-state index in [2.05, 4.69) is 20.1 Å². The molecule has 2 aliphatic rings. The van der Waals surface area contributed by atoms with Gasteiger partial charge in [-0.1, -0.05) is 0 Å². The number of carbonyl (C=O) groups is 1. The van der Waals surface area contributed by atoms with Crippen LogP contribution in [-0.2, 0) is 22.5 Å². The minimum absolute atomic E-state index is 0.0832. The molecule has 0 saturated carbocycles. The molecule has 7 nitrogen and oxygen atoms in total. The molecule has 0 aromatic carbocycles. The van der Waals surface area contributed by atoms with Crippen LogP contribution in [-0.4, -0.2) is 58.9 Å². The Morgan fingerprint density at radius 3 is 3.00 bits per heavy atom. The van der Waals surface area contributed by atoms with Crippen molar-refractivity contribution in [1.82, 2.24) is 25.0 Å². The molecule has 1 aromatic rings. The Kier molecular flexibility index (Phi) is 5.61. The van der Waals surface area contributed by atoms with Gasteiger partial charge in [-0.3, -0.25) is 4.79 Å². The molecule has 0 radical (unpaired) electrons. The zero-order valence-electron chi connectivity index (χ0n) is 14.0. The molecule has 1 unspecified atom stereocenters. The third-order valence-electron chi connectivity index (χ3n) is 4.77. The van der Waals surface area contributed by atoms with E-state index in [-0.39, 0.29) is 11.9 Å². The van der Waals surface area contributed by atoms with Crippen LogP contribution in [0.3, 0.4) is 0 Å². The van der Waals surface area contributed by atoms with E-state index in [0.29, 0.717) is 19.7 Å². The van der Waals surface area contributed by atoms with E-state index < -0.39 is 0 Å². The summed E-state index contributed by atoms with van der Waals surface area (Å²) < 4.78 is 7.25. The second-order valence-electron chi connectivity index (χ2n) is 6.35. The molecule has 1 atom stereocenters. The largest absolute Gasteiger partial charge is 0.383 e. The maximum atomic E-state index is 12.6. The minimum Gasteiger partial charge on any atom is -0.383 e. The van der Waals surface area contributed by atoms with Gasteiger partial charge >= 0.3 is 0 Å². The zero-order valence-corrected chi connectivity index (χ0v) is 14.0. The Morgan fingerprint density at radius 2 is 2.13 bits per heavy atom. The summed E-state index contributed by atoms with van der Waals surface area (Å²) in [5.41, 5.74) is 0. The topological polar surface area (TPSA) is 72.3 Å². The molecular formula is C16H27N5O2. The molecule has 3 heterocycles. The van der Waals surface area contributed by atoms with Gasteiger partial charge in [0, 0.05) is 33.2 Å². The van der Waals surface area contributed by atoms with E-state index in [1.165, 1.54) is 12.8 Å². The molecule has 1 amide bonds. The lowest BCUT2D eigenvalue weighted by atomic mass is 10.0. The number of nitrogens with one attached hydrogen (secondary N) is 1. The molecule has 7 heteroatoms. The van der Waals surface area contributed by atoms with Gasteiger partial charge in [0.2, 0.25) is 5.91 Å². The van der Waals surface area contributed by atoms with Crippen molar-refractivity contribution in [1.29, 1.82) is 0 Å². The number of aromatic nitrogens is 3. The van der Waals surface area contributed by atoms with Gasteiger partial charge in [0.05, 0.1) is 19.2 Å². The highest BCUT2D eigenvalue weighted by Crippen LogP contribution is 2.31. The Balaban J connectivity index is 1.69. The molecule has 2 aliphatic heterocycles. The maximum Gasteiger partial charge on any atom is 0.237 e. The molecule has 0 bridgehead atoms. The average Bonchev–Trinajstić information content (AvgIpc) is 3.02. The fraction of sp³-hybridized carbons (Fsp3) is 0.812. The molecule has 1 N–H and O–H groups in total. The van der Waals surface area contributed by atoms with Crippen molar-refractivity contribution in [3.05, 3.63) is 11.6 Å². The normalized spacial score (nSPS) is 21.3. The number of carbonyl (C=O) groups excluding carboxylic acids is 1. The fourth-order valence-electron chi connectivity index (χ4n) is 3.55. The summed E-state index contributed by atoms with van der Waals surface area (Å²) in [6.45, 7) is 3.48. The Labute approximate surface area is 137 Å². The van der Waals surface area contributed by atoms with Gasteiger partial charge in [-0.25, -0.2) is 0 Å². The lowest BCUT2D eigenvalue weighted by Gasteiger charge is -2.35. The van der Waals surface area contributed by atoms with E-state index in [1.807, 2.05) is 4.90 Å². The van der Waals surface area contributed by atoms with E-state index in [1.54, 1.807) is 7.11 Å². The number of ether oxygens (including phenoxy) is 1. The van der Waals surface area contributed by atoms with Crippen LogP contribution in [0.1, 0.15) is 49.8 Å². The Bertz CT molecular complexity index is 531. The number of nitrogens with zero attached hydrogens (tertiary/aromatic N) is 4. The van der Waals surface area contributed by atoms with Crippen LogP contribution < -0.4 is 5.32 Å². The van der Waals surface area contributed by atoms with Gasteiger partial charge in [0.25, 0.3) is 0 Å². The SMILES string of the molecule is COCCNCC(=O)N1CCCCC1c1nnc2n1CCCC2. The summed E-state index contributed by atoms with van der Waals surface area (Å²) in [6, 6.07) is 0.0832. The molecule has 23 heavy (non-hydrogen) atoms. The van der Waals surface area contributed by atoms with Crippen LogP contribution in [0.25, 0.3) is 0 Å². The van der Waals surface area contributed by atoms with E-state index >= 15 is 0 Å². The van der Waals surface area contributed by atoms with Crippen LogP contribution in [0.2, 0.25) is 0 Å². The molecule has 1 fully saturated rings. The fourth-order valence-corrected chi connectivity index (χ4v) is 3.55. The number of rotatable bonds is 6. The van der Waals surface area contributed by atoms with Gasteiger partial charge in [-0.2, -0.15) is 0 Å². The highest BCUT2D eigenvalue weighted by atomic mass is 16.5. The van der Waals surface area contributed by atoms with E-state index in [0.717, 1.165) is 50.4 Å². The van der Waals surface area contributed by atoms with E-state index in [4.69, 9.17) is 4.74 Å². The summed E-state index contributed by atoms with van der Waals surface area (Å²) in [6.07, 6.45) is 6.58. The van der Waals surface area contributed by atoms with Gasteiger partial charge in [0.15, 0.2) is 5.82 Å². The third kappa shape index (κ3) is 3.72. The summed E-state index contributed by atoms with van der Waals surface area (Å²) in [5, 5.41) is 12.0. The standard InChI is InChI=1S/C16H27N5O2/c1-23-11-8-17-12-15(22)20-9-4-2-6-13(20)16-19-18-14-7-3-5-10-21(14)16/h13,17H,2-12H2,1H3. The van der Waals surface area contributed by atoms with Crippen molar-refractivity contribution in [3.63, 3.8) is 0 Å². The van der Waals surface area contributed by atoms with Crippen molar-refractivity contribution in [2.45, 2.75) is 51.1 Å². The van der Waals surface area contributed by atoms with Crippen molar-refractivity contribution in [2.75, 3.05) is 33.4 Å². The molecule has 128 valence electrons. The van der Waals surface area contributed by atoms with Crippen molar-refractivity contribution >= 4 is 5.91 Å². The summed E-state index contributed by atoms with van der Waals surface area (Å²) in [4.78, 5) is 14.6. The predicted octanol–water partition coefficient (Wildman–Crippen LogP) is 0.904. The second-order valence-corrected chi connectivity index (χ2v) is 6.35. The minimum atomic E-state index is 0.0832. The number of aryl methyl sites for hydroxylation is 1. The lowest BCUT2D eigenvalue weighted by molar-refractivity contribution is -0.134. The molecular weight excluding hydrogens is 294 g/mol. The van der Waals surface area contributed by atoms with Crippen LogP contribution in [0.15, 0.2) is 0 Å². The van der Waals surface area contributed by atoms with Crippen molar-refractivity contribution in [2.24, 2.45) is 0 Å². The number of amides is 1. The van der Waals surface area contributed by atoms with Gasteiger partial charge < -0.3 is 19.5 Å². The number of fused-ring (bicyclic) bond motifs is 1. The maximum absolute atomic E-state index is 12.6. The quantitative estimate of drug-likeness (QED) is 0.788. The first-order chi connectivity index (χ1) is 11.3. The van der Waals surface area contributed by atoms with Crippen LogP contribution in [0.5, 0.6) is 0 Å². The smallest absolute Gasteiger partial charge is 0.237 e. The Morgan fingerprint density at radius 1 is 1.26 bits per heavy atom. The monoisotopic (exact) mass is 321 g/mol. The number of likely N-dealkylation sites (tertiary alicyclic amines) is 1. The predicted molar refractivity (Wildman–Crippen MR) is 86.0 cm³/mol. The summed E-state index contributed by atoms with van der Waals surface area (Å²) in [5.74, 6) is 2.23. The van der Waals surface area contributed by atoms with E-state index in [9.17, 15) is 4.79 Å². The highest BCUT2D eigenvalue weighted by molar-refractivity contribution is 5.78. The molecule has 3 rings (SSSR count).